The average molecular weight is 349 g/mol. The van der Waals surface area contributed by atoms with Crippen molar-refractivity contribution in [2.24, 2.45) is 5.92 Å². The largest absolute Gasteiger partial charge is 0.342 e. The predicted molar refractivity (Wildman–Crippen MR) is 99.8 cm³/mol. The molecule has 0 unspecified atom stereocenters. The third kappa shape index (κ3) is 3.07. The summed E-state index contributed by atoms with van der Waals surface area (Å²) in [5.74, 6) is 1.20. The Morgan fingerprint density at radius 1 is 1.31 bits per heavy atom. The first kappa shape index (κ1) is 16.7. The summed E-state index contributed by atoms with van der Waals surface area (Å²) in [5, 5.41) is 8.38. The Labute approximate surface area is 152 Å². The van der Waals surface area contributed by atoms with Gasteiger partial charge in [0.15, 0.2) is 0 Å². The maximum atomic E-state index is 13.2. The number of hydrogen-bond donors (Lipinski definition) is 1. The Balaban J connectivity index is 1.71. The number of pyridine rings is 1. The van der Waals surface area contributed by atoms with E-state index in [0.29, 0.717) is 11.5 Å². The maximum Gasteiger partial charge on any atom is 0.252 e. The van der Waals surface area contributed by atoms with E-state index in [9.17, 15) is 4.79 Å². The molecule has 4 rings (SSSR count). The number of aromatic nitrogens is 4. The Kier molecular flexibility index (Phi) is 4.18. The van der Waals surface area contributed by atoms with E-state index in [1.807, 2.05) is 49.7 Å². The van der Waals surface area contributed by atoms with Crippen molar-refractivity contribution in [3.8, 4) is 0 Å². The molecule has 1 aliphatic rings. The summed E-state index contributed by atoms with van der Waals surface area (Å²) in [6.45, 7) is 6.72. The molecule has 1 atom stereocenters. The van der Waals surface area contributed by atoms with Gasteiger partial charge in [-0.3, -0.25) is 9.78 Å². The number of hydrogen-bond acceptors (Lipinski definition) is 4. The monoisotopic (exact) mass is 349 g/mol. The molecule has 0 aliphatic heterocycles. The summed E-state index contributed by atoms with van der Waals surface area (Å²) in [6, 6.07) is 7.79. The first-order valence-corrected chi connectivity index (χ1v) is 9.13. The van der Waals surface area contributed by atoms with Crippen LogP contribution in [0.15, 0.2) is 30.6 Å². The number of benzene rings is 1. The van der Waals surface area contributed by atoms with E-state index in [4.69, 9.17) is 0 Å². The van der Waals surface area contributed by atoms with Crippen LogP contribution in [0.3, 0.4) is 0 Å². The molecule has 6 nitrogen and oxygen atoms in total. The van der Waals surface area contributed by atoms with Crippen LogP contribution in [0.5, 0.6) is 0 Å². The van der Waals surface area contributed by atoms with E-state index >= 15 is 0 Å². The van der Waals surface area contributed by atoms with Crippen molar-refractivity contribution in [1.29, 1.82) is 0 Å². The number of fused-ring (bicyclic) bond motifs is 1. The van der Waals surface area contributed by atoms with E-state index in [-0.39, 0.29) is 11.9 Å². The molecule has 0 spiro atoms. The molecule has 1 aromatic carbocycles. The van der Waals surface area contributed by atoms with Crippen molar-refractivity contribution in [2.45, 2.75) is 46.2 Å². The van der Waals surface area contributed by atoms with Gasteiger partial charge in [0.05, 0.1) is 17.1 Å². The highest BCUT2D eigenvalue weighted by molar-refractivity contribution is 6.06. The molecule has 1 fully saturated rings. The van der Waals surface area contributed by atoms with Crippen LogP contribution in [0.2, 0.25) is 0 Å². The van der Waals surface area contributed by atoms with Gasteiger partial charge in [-0.25, -0.2) is 9.67 Å². The van der Waals surface area contributed by atoms with Crippen LogP contribution in [-0.4, -0.2) is 25.7 Å². The molecule has 1 amide bonds. The van der Waals surface area contributed by atoms with E-state index in [1.165, 1.54) is 0 Å². The van der Waals surface area contributed by atoms with E-state index in [1.54, 1.807) is 6.33 Å². The summed E-state index contributed by atoms with van der Waals surface area (Å²) in [7, 11) is 0. The van der Waals surface area contributed by atoms with Crippen LogP contribution in [-0.2, 0) is 6.54 Å². The van der Waals surface area contributed by atoms with Gasteiger partial charge < -0.3 is 5.32 Å². The summed E-state index contributed by atoms with van der Waals surface area (Å²) in [5.41, 5.74) is 3.47. The lowest BCUT2D eigenvalue weighted by molar-refractivity contribution is 0.0930. The second-order valence-corrected chi connectivity index (χ2v) is 7.05. The Morgan fingerprint density at radius 2 is 2.12 bits per heavy atom. The molecule has 1 saturated carbocycles. The number of nitrogens with zero attached hydrogens (tertiary/aromatic N) is 4. The minimum atomic E-state index is -0.0988. The second kappa shape index (κ2) is 6.52. The van der Waals surface area contributed by atoms with Gasteiger partial charge in [0.1, 0.15) is 12.2 Å². The zero-order valence-electron chi connectivity index (χ0n) is 15.4. The topological polar surface area (TPSA) is 72.7 Å². The van der Waals surface area contributed by atoms with Gasteiger partial charge in [-0.2, -0.15) is 5.10 Å². The Morgan fingerprint density at radius 3 is 2.85 bits per heavy atom. The Bertz CT molecular complexity index is 973. The molecule has 1 N–H and O–H groups in total. The summed E-state index contributed by atoms with van der Waals surface area (Å²) < 4.78 is 1.86. The normalized spacial score (nSPS) is 15.2. The van der Waals surface area contributed by atoms with Gasteiger partial charge in [-0.1, -0.05) is 11.6 Å². The van der Waals surface area contributed by atoms with Crippen molar-refractivity contribution >= 4 is 16.8 Å². The number of aryl methyl sites for hydroxylation is 3. The quantitative estimate of drug-likeness (QED) is 0.767. The highest BCUT2D eigenvalue weighted by Crippen LogP contribution is 2.40. The third-order valence-corrected chi connectivity index (χ3v) is 4.94. The molecule has 0 bridgehead atoms. The number of carbonyl (C=O) groups excluding carboxylic acids is 1. The average Bonchev–Trinajstić information content (AvgIpc) is 3.36. The van der Waals surface area contributed by atoms with Gasteiger partial charge in [-0.15, -0.1) is 0 Å². The lowest BCUT2D eigenvalue weighted by Crippen LogP contribution is -2.32. The molecule has 0 radical (unpaired) electrons. The third-order valence-electron chi connectivity index (χ3n) is 4.94. The lowest BCUT2D eigenvalue weighted by atomic mass is 10.0. The smallest absolute Gasteiger partial charge is 0.252 e. The van der Waals surface area contributed by atoms with Gasteiger partial charge in [0.25, 0.3) is 5.91 Å². The van der Waals surface area contributed by atoms with Crippen LogP contribution >= 0.6 is 0 Å². The number of amides is 1. The predicted octanol–water partition coefficient (Wildman–Crippen LogP) is 3.34. The molecule has 134 valence electrons. The summed E-state index contributed by atoms with van der Waals surface area (Å²) in [6.07, 6.45) is 3.78. The first-order chi connectivity index (χ1) is 12.6. The minimum Gasteiger partial charge on any atom is -0.342 e. The minimum absolute atomic E-state index is 0.0753. The van der Waals surface area contributed by atoms with Crippen molar-refractivity contribution in [3.05, 3.63) is 53.2 Å². The van der Waals surface area contributed by atoms with Gasteiger partial charge in [0, 0.05) is 17.6 Å². The zero-order valence-corrected chi connectivity index (χ0v) is 15.4. The molecular weight excluding hydrogens is 326 g/mol. The van der Waals surface area contributed by atoms with Crippen LogP contribution < -0.4 is 5.32 Å². The second-order valence-electron chi connectivity index (χ2n) is 7.05. The van der Waals surface area contributed by atoms with E-state index in [2.05, 4.69) is 20.4 Å². The molecule has 2 aromatic heterocycles. The Hall–Kier alpha value is -2.76. The summed E-state index contributed by atoms with van der Waals surface area (Å²) >= 11 is 0. The highest BCUT2D eigenvalue weighted by Gasteiger charge is 2.36. The molecule has 3 aromatic rings. The van der Waals surface area contributed by atoms with E-state index < -0.39 is 0 Å². The molecule has 0 saturated heterocycles. The number of nitrogens with one attached hydrogen (secondary N) is 1. The van der Waals surface area contributed by atoms with Crippen molar-refractivity contribution < 1.29 is 4.79 Å². The summed E-state index contributed by atoms with van der Waals surface area (Å²) in [4.78, 5) is 22.1. The lowest BCUT2D eigenvalue weighted by Gasteiger charge is -2.19. The van der Waals surface area contributed by atoms with Crippen molar-refractivity contribution in [3.63, 3.8) is 0 Å². The van der Waals surface area contributed by atoms with E-state index in [0.717, 1.165) is 47.4 Å². The fourth-order valence-electron chi connectivity index (χ4n) is 3.46. The SMILES string of the molecule is CCn1ncnc1[C@H](NC(=O)c1cc(C)nc2ccc(C)cc12)C1CC1. The number of rotatable bonds is 5. The van der Waals surface area contributed by atoms with Crippen molar-refractivity contribution in [1.82, 2.24) is 25.1 Å². The fraction of sp³-hybridized carbons (Fsp3) is 0.400. The number of carbonyl (C=O) groups is 1. The van der Waals surface area contributed by atoms with Gasteiger partial charge in [-0.05, 0) is 57.7 Å². The molecule has 2 heterocycles. The fourth-order valence-corrected chi connectivity index (χ4v) is 3.46. The van der Waals surface area contributed by atoms with Crippen LogP contribution in [0.25, 0.3) is 10.9 Å². The molecular formula is C20H23N5O. The van der Waals surface area contributed by atoms with Crippen LogP contribution in [0.4, 0.5) is 0 Å². The van der Waals surface area contributed by atoms with Gasteiger partial charge in [0.2, 0.25) is 0 Å². The molecule has 1 aliphatic carbocycles. The standard InChI is InChI=1S/C20H23N5O/c1-4-25-19(21-11-22-25)18(14-6-7-14)24-20(26)16-10-13(3)23-17-8-5-12(2)9-15(16)17/h5,8-11,14,18H,4,6-7H2,1-3H3,(H,24,26)/t18-/m1/s1. The molecule has 26 heavy (non-hydrogen) atoms. The van der Waals surface area contributed by atoms with Crippen LogP contribution in [0, 0.1) is 19.8 Å². The first-order valence-electron chi connectivity index (χ1n) is 9.13. The molecule has 6 heteroatoms. The van der Waals surface area contributed by atoms with Crippen molar-refractivity contribution in [2.75, 3.05) is 0 Å². The zero-order chi connectivity index (χ0) is 18.3. The van der Waals surface area contributed by atoms with Crippen LogP contribution in [0.1, 0.15) is 53.2 Å². The maximum absolute atomic E-state index is 13.2. The van der Waals surface area contributed by atoms with Gasteiger partial charge >= 0.3 is 0 Å². The highest BCUT2D eigenvalue weighted by atomic mass is 16.1.